The van der Waals surface area contributed by atoms with E-state index in [1.165, 1.54) is 11.1 Å². The number of aryl methyl sites for hydroxylation is 1. The number of carbonyl (C=O) groups excluding carboxylic acids is 1. The number of amides is 1. The maximum absolute atomic E-state index is 12.3. The van der Waals surface area contributed by atoms with Crippen molar-refractivity contribution in [3.63, 3.8) is 0 Å². The van der Waals surface area contributed by atoms with Crippen LogP contribution in [0.3, 0.4) is 0 Å². The fourth-order valence-electron chi connectivity index (χ4n) is 3.70. The van der Waals surface area contributed by atoms with Gasteiger partial charge in [0.05, 0.1) is 11.8 Å². The van der Waals surface area contributed by atoms with Gasteiger partial charge in [-0.05, 0) is 35.8 Å². The Bertz CT molecular complexity index is 593. The van der Waals surface area contributed by atoms with Gasteiger partial charge in [-0.25, -0.2) is 0 Å². The molecule has 21 heavy (non-hydrogen) atoms. The van der Waals surface area contributed by atoms with Crippen molar-refractivity contribution in [3.8, 4) is 0 Å². The van der Waals surface area contributed by atoms with E-state index in [0.29, 0.717) is 0 Å². The molecular formula is C17H21NO3. The fourth-order valence-corrected chi connectivity index (χ4v) is 3.70. The first-order valence-corrected chi connectivity index (χ1v) is 7.51. The molecule has 1 saturated carbocycles. The Kier molecular flexibility index (Phi) is 3.27. The number of hydrogen-bond acceptors (Lipinski definition) is 2. The van der Waals surface area contributed by atoms with Crippen LogP contribution in [0.25, 0.3) is 0 Å². The first-order valence-electron chi connectivity index (χ1n) is 7.51. The van der Waals surface area contributed by atoms with Crippen LogP contribution in [0.4, 0.5) is 0 Å². The third-order valence-electron chi connectivity index (χ3n) is 5.07. The predicted octanol–water partition coefficient (Wildman–Crippen LogP) is 2.02. The van der Waals surface area contributed by atoms with Crippen LogP contribution < -0.4 is 5.32 Å². The number of benzene rings is 1. The number of carbonyl (C=O) groups is 2. The maximum Gasteiger partial charge on any atom is 0.307 e. The third kappa shape index (κ3) is 2.43. The van der Waals surface area contributed by atoms with E-state index in [2.05, 4.69) is 17.4 Å². The third-order valence-corrected chi connectivity index (χ3v) is 5.07. The van der Waals surface area contributed by atoms with Crippen molar-refractivity contribution in [2.45, 2.75) is 39.2 Å². The highest BCUT2D eigenvalue weighted by atomic mass is 16.4. The Hall–Kier alpha value is -1.84. The Labute approximate surface area is 124 Å². The van der Waals surface area contributed by atoms with Crippen LogP contribution in [0.2, 0.25) is 0 Å². The molecule has 1 aromatic carbocycles. The van der Waals surface area contributed by atoms with Crippen molar-refractivity contribution in [1.29, 1.82) is 0 Å². The Morgan fingerprint density at radius 3 is 2.48 bits per heavy atom. The molecular weight excluding hydrogens is 266 g/mol. The lowest BCUT2D eigenvalue weighted by molar-refractivity contribution is -0.140. The molecule has 1 amide bonds. The maximum atomic E-state index is 12.3. The van der Waals surface area contributed by atoms with Crippen molar-refractivity contribution >= 4 is 11.9 Å². The molecule has 1 aromatic rings. The van der Waals surface area contributed by atoms with Crippen molar-refractivity contribution in [3.05, 3.63) is 35.4 Å². The predicted molar refractivity (Wildman–Crippen MR) is 78.8 cm³/mol. The summed E-state index contributed by atoms with van der Waals surface area (Å²) in [7, 11) is 0. The van der Waals surface area contributed by atoms with Crippen LogP contribution in [0.1, 0.15) is 31.4 Å². The fraction of sp³-hybridized carbons (Fsp3) is 0.529. The van der Waals surface area contributed by atoms with Crippen molar-refractivity contribution < 1.29 is 14.7 Å². The molecule has 3 rings (SSSR count). The smallest absolute Gasteiger partial charge is 0.307 e. The second-order valence-corrected chi connectivity index (χ2v) is 6.83. The summed E-state index contributed by atoms with van der Waals surface area (Å²) in [5.74, 6) is -1.91. The highest BCUT2D eigenvalue weighted by Gasteiger charge is 2.65. The topological polar surface area (TPSA) is 66.4 Å². The van der Waals surface area contributed by atoms with Crippen LogP contribution in [-0.2, 0) is 22.4 Å². The van der Waals surface area contributed by atoms with Gasteiger partial charge < -0.3 is 10.4 Å². The molecule has 0 spiro atoms. The summed E-state index contributed by atoms with van der Waals surface area (Å²) >= 11 is 0. The molecule has 2 aliphatic carbocycles. The van der Waals surface area contributed by atoms with E-state index in [9.17, 15) is 9.59 Å². The lowest BCUT2D eigenvalue weighted by atomic mass is 9.88. The van der Waals surface area contributed by atoms with E-state index in [1.54, 1.807) is 0 Å². The van der Waals surface area contributed by atoms with Crippen molar-refractivity contribution in [2.24, 2.45) is 17.3 Å². The zero-order chi connectivity index (χ0) is 15.2. The second kappa shape index (κ2) is 4.86. The molecule has 1 fully saturated rings. The molecule has 0 aliphatic heterocycles. The second-order valence-electron chi connectivity index (χ2n) is 6.83. The zero-order valence-corrected chi connectivity index (χ0v) is 12.4. The highest BCUT2D eigenvalue weighted by molar-refractivity contribution is 5.91. The standard InChI is InChI=1S/C17H21NO3/c1-17(2)13(14(17)16(20)21)15(19)18-12-8-7-10-5-3-4-6-11(10)9-12/h3-6,12-14H,7-9H2,1-2H3,(H,18,19)(H,20,21). The number of rotatable bonds is 3. The van der Waals surface area contributed by atoms with Gasteiger partial charge in [-0.15, -0.1) is 0 Å². The lowest BCUT2D eigenvalue weighted by Gasteiger charge is -2.25. The molecule has 3 unspecified atom stereocenters. The highest BCUT2D eigenvalue weighted by Crippen LogP contribution is 2.58. The van der Waals surface area contributed by atoms with E-state index in [-0.39, 0.29) is 11.9 Å². The van der Waals surface area contributed by atoms with Crippen molar-refractivity contribution in [1.82, 2.24) is 5.32 Å². The number of hydrogen-bond donors (Lipinski definition) is 2. The lowest BCUT2D eigenvalue weighted by Crippen LogP contribution is -2.40. The summed E-state index contributed by atoms with van der Waals surface area (Å²) in [6, 6.07) is 8.43. The molecule has 2 N–H and O–H groups in total. The van der Waals surface area contributed by atoms with Gasteiger partial charge in [-0.1, -0.05) is 38.1 Å². The van der Waals surface area contributed by atoms with Crippen molar-refractivity contribution in [2.75, 3.05) is 0 Å². The summed E-state index contributed by atoms with van der Waals surface area (Å²) in [5, 5.41) is 12.2. The van der Waals surface area contributed by atoms with Crippen LogP contribution >= 0.6 is 0 Å². The van der Waals surface area contributed by atoms with Gasteiger partial charge in [0.25, 0.3) is 0 Å². The molecule has 0 heterocycles. The number of aliphatic carboxylic acids is 1. The first-order chi connectivity index (χ1) is 9.91. The summed E-state index contributed by atoms with van der Waals surface area (Å²) in [4.78, 5) is 23.5. The quantitative estimate of drug-likeness (QED) is 0.893. The van der Waals surface area contributed by atoms with Gasteiger partial charge in [0.2, 0.25) is 5.91 Å². The molecule has 4 nitrogen and oxygen atoms in total. The van der Waals surface area contributed by atoms with Gasteiger partial charge >= 0.3 is 5.97 Å². The molecule has 0 aromatic heterocycles. The van der Waals surface area contributed by atoms with Gasteiger partial charge in [0.1, 0.15) is 0 Å². The Morgan fingerprint density at radius 2 is 1.86 bits per heavy atom. The van der Waals surface area contributed by atoms with Crippen LogP contribution in [-0.4, -0.2) is 23.0 Å². The molecule has 2 aliphatic rings. The summed E-state index contributed by atoms with van der Waals surface area (Å²) in [6.07, 6.45) is 2.73. The largest absolute Gasteiger partial charge is 0.481 e. The average molecular weight is 287 g/mol. The van der Waals surface area contributed by atoms with Gasteiger partial charge in [0.15, 0.2) is 0 Å². The minimum Gasteiger partial charge on any atom is -0.481 e. The van der Waals surface area contributed by atoms with Gasteiger partial charge in [-0.3, -0.25) is 9.59 Å². The molecule has 4 heteroatoms. The number of nitrogens with one attached hydrogen (secondary N) is 1. The van der Waals surface area contributed by atoms with E-state index in [1.807, 2.05) is 26.0 Å². The molecule has 0 bridgehead atoms. The number of carboxylic acid groups (broad SMARTS) is 1. The van der Waals surface area contributed by atoms with Gasteiger partial charge in [-0.2, -0.15) is 0 Å². The first kappa shape index (κ1) is 14.1. The van der Waals surface area contributed by atoms with Crippen LogP contribution in [0, 0.1) is 17.3 Å². The Balaban J connectivity index is 1.64. The number of carboxylic acids is 1. The molecule has 0 radical (unpaired) electrons. The summed E-state index contributed by atoms with van der Waals surface area (Å²) in [6.45, 7) is 3.71. The molecule has 0 saturated heterocycles. The van der Waals surface area contributed by atoms with Gasteiger partial charge in [0, 0.05) is 6.04 Å². The number of fused-ring (bicyclic) bond motifs is 1. The zero-order valence-electron chi connectivity index (χ0n) is 12.4. The summed E-state index contributed by atoms with van der Waals surface area (Å²) < 4.78 is 0. The van der Waals surface area contributed by atoms with Crippen LogP contribution in [0.5, 0.6) is 0 Å². The Morgan fingerprint density at radius 1 is 1.19 bits per heavy atom. The van der Waals surface area contributed by atoms with E-state index in [0.717, 1.165) is 19.3 Å². The average Bonchev–Trinajstić information content (AvgIpc) is 3.02. The minimum absolute atomic E-state index is 0.100. The van der Waals surface area contributed by atoms with E-state index in [4.69, 9.17) is 5.11 Å². The van der Waals surface area contributed by atoms with E-state index < -0.39 is 23.2 Å². The summed E-state index contributed by atoms with van der Waals surface area (Å²) in [5.41, 5.74) is 2.22. The molecule has 3 atom stereocenters. The monoisotopic (exact) mass is 287 g/mol. The van der Waals surface area contributed by atoms with E-state index >= 15 is 0 Å². The van der Waals surface area contributed by atoms with Crippen LogP contribution in [0.15, 0.2) is 24.3 Å². The minimum atomic E-state index is -0.867. The normalized spacial score (nSPS) is 29.3. The SMILES string of the molecule is CC1(C)C(C(=O)O)C1C(=O)NC1CCc2ccccc2C1. The molecule has 112 valence electrons.